The maximum absolute atomic E-state index is 6.72. The van der Waals surface area contributed by atoms with Crippen LogP contribution >= 0.6 is 0 Å². The van der Waals surface area contributed by atoms with Gasteiger partial charge in [0.05, 0.1) is 61.9 Å². The number of hydrogen-bond acceptors (Lipinski definition) is 2. The number of nitrogens with zero attached hydrogens (tertiary/aromatic N) is 5. The molecule has 2 aliphatic rings. The Kier molecular flexibility index (Phi) is 9.00. The Balaban J connectivity index is 1.06. The molecule has 0 bridgehead atoms. The molecule has 0 aliphatic heterocycles. The van der Waals surface area contributed by atoms with Crippen molar-refractivity contribution in [3.63, 3.8) is 0 Å². The third-order valence-corrected chi connectivity index (χ3v) is 16.0. The first-order valence-electron chi connectivity index (χ1n) is 25.0. The van der Waals surface area contributed by atoms with Crippen LogP contribution in [0.5, 0.6) is 0 Å². The summed E-state index contributed by atoms with van der Waals surface area (Å²) in [6.45, 7) is 12.9. The van der Waals surface area contributed by atoms with E-state index in [-0.39, 0.29) is 0 Å². The van der Waals surface area contributed by atoms with Crippen LogP contribution in [0.2, 0.25) is 0 Å². The van der Waals surface area contributed by atoms with Crippen LogP contribution in [-0.2, 0) is 25.7 Å². The molecule has 14 rings (SSSR count). The van der Waals surface area contributed by atoms with Crippen LogP contribution in [0, 0.1) is 6.92 Å². The van der Waals surface area contributed by atoms with Crippen molar-refractivity contribution in [2.45, 2.75) is 53.4 Å². The van der Waals surface area contributed by atoms with E-state index >= 15 is 0 Å². The van der Waals surface area contributed by atoms with Gasteiger partial charge in [-0.3, -0.25) is 4.98 Å². The molecule has 0 atom stereocenters. The highest BCUT2D eigenvalue weighted by molar-refractivity contribution is 6.18. The summed E-state index contributed by atoms with van der Waals surface area (Å²) in [5.74, 6) is 0. The zero-order valence-corrected chi connectivity index (χ0v) is 40.5. The third kappa shape index (κ3) is 5.61. The SMILES string of the molecule is C=Cc1c(/C=C\C)n(-c2ccc3c(c2)c2cc4c5c(c2n3-c2cnccc2C)CCc2cc3c6cc(-n7c8ccccc8c8ccccc87)ccc6n(C(=C/N)/C(C)=C\C)c3c(c2-5)CC4)c2ccccc12. The van der Waals surface area contributed by atoms with E-state index in [0.717, 1.165) is 65.3 Å². The van der Waals surface area contributed by atoms with Gasteiger partial charge in [-0.2, -0.15) is 0 Å². The van der Waals surface area contributed by atoms with E-state index in [2.05, 4.69) is 204 Å². The molecule has 2 aliphatic carbocycles. The van der Waals surface area contributed by atoms with Gasteiger partial charge < -0.3 is 24.0 Å². The number of allylic oxidation sites excluding steroid dienone is 4. The van der Waals surface area contributed by atoms with Gasteiger partial charge in [0.1, 0.15) is 0 Å². The normalized spacial score (nSPS) is 13.9. The predicted molar refractivity (Wildman–Crippen MR) is 300 cm³/mol. The van der Waals surface area contributed by atoms with E-state index in [1.807, 2.05) is 18.5 Å². The fourth-order valence-corrected chi connectivity index (χ4v) is 12.9. The smallest absolute Gasteiger partial charge is 0.0674 e. The van der Waals surface area contributed by atoms with E-state index in [0.29, 0.717) is 0 Å². The van der Waals surface area contributed by atoms with E-state index in [1.165, 1.54) is 115 Å². The fourth-order valence-electron chi connectivity index (χ4n) is 12.9. The lowest BCUT2D eigenvalue weighted by atomic mass is 9.74. The Labute approximate surface area is 412 Å². The first-order valence-corrected chi connectivity index (χ1v) is 25.0. The summed E-state index contributed by atoms with van der Waals surface area (Å²) in [5.41, 5.74) is 32.8. The van der Waals surface area contributed by atoms with Crippen LogP contribution in [0.3, 0.4) is 0 Å². The standard InChI is InChI=1S/C65H52N6/c1-6-15-54-44(8-3)45-16-9-12-19-55(45)68(54)42-25-29-59-51(34-42)53-33-41-22-26-48-62-40(23-27-49(63(41)62)65(53)71(59)61-37-67-31-30-39(61)5)32-52-50-35-43(24-28-58(50)70(64(48)52)60(36-66)38(4)7-2)69-56-20-13-10-17-46(56)47-18-11-14-21-57(47)69/h6-21,24-25,28-37H,3,22-23,26-27,66H2,1-2,4-5H3/b15-6-,38-7-,60-36+. The number of aromatic nitrogens is 5. The number of nitrogens with two attached hydrogens (primary N) is 1. The summed E-state index contributed by atoms with van der Waals surface area (Å²) in [4.78, 5) is 4.75. The zero-order valence-electron chi connectivity index (χ0n) is 40.5. The third-order valence-electron chi connectivity index (χ3n) is 16.0. The molecule has 5 heterocycles. The molecule has 0 radical (unpaired) electrons. The van der Waals surface area contributed by atoms with Crippen molar-refractivity contribution >= 4 is 94.2 Å². The lowest BCUT2D eigenvalue weighted by Gasteiger charge is -2.31. The summed E-state index contributed by atoms with van der Waals surface area (Å²) in [6, 6.07) is 47.6. The Morgan fingerprint density at radius 2 is 1.15 bits per heavy atom. The van der Waals surface area contributed by atoms with Crippen molar-refractivity contribution in [2.75, 3.05) is 0 Å². The highest BCUT2D eigenvalue weighted by Crippen LogP contribution is 2.52. The van der Waals surface area contributed by atoms with Gasteiger partial charge in [-0.25, -0.2) is 0 Å². The zero-order chi connectivity index (χ0) is 47.8. The van der Waals surface area contributed by atoms with Gasteiger partial charge in [0.2, 0.25) is 0 Å². The molecular weight excluding hydrogens is 865 g/mol. The minimum atomic E-state index is 0.929. The molecule has 12 aromatic rings. The molecular formula is C65H52N6. The molecule has 0 fully saturated rings. The number of hydrogen-bond donors (Lipinski definition) is 1. The second-order valence-electron chi connectivity index (χ2n) is 19.6. The van der Waals surface area contributed by atoms with Crippen LogP contribution in [-0.4, -0.2) is 23.3 Å². The van der Waals surface area contributed by atoms with Gasteiger partial charge >= 0.3 is 0 Å². The first-order chi connectivity index (χ1) is 34.9. The quantitative estimate of drug-likeness (QED) is 0.162. The molecule has 7 aromatic carbocycles. The minimum absolute atomic E-state index is 0.929. The van der Waals surface area contributed by atoms with Gasteiger partial charge in [0.15, 0.2) is 0 Å². The highest BCUT2D eigenvalue weighted by atomic mass is 15.0. The van der Waals surface area contributed by atoms with Crippen LogP contribution in [0.15, 0.2) is 170 Å². The summed E-state index contributed by atoms with van der Waals surface area (Å²) in [6.07, 6.45) is 18.0. The van der Waals surface area contributed by atoms with Gasteiger partial charge in [0.25, 0.3) is 0 Å². The Morgan fingerprint density at radius 3 is 1.77 bits per heavy atom. The number of aryl methyl sites for hydroxylation is 5. The second kappa shape index (κ2) is 15.4. The maximum atomic E-state index is 6.72. The van der Waals surface area contributed by atoms with E-state index in [9.17, 15) is 0 Å². The summed E-state index contributed by atoms with van der Waals surface area (Å²) in [5, 5.41) is 8.79. The largest absolute Gasteiger partial charge is 0.403 e. The highest BCUT2D eigenvalue weighted by Gasteiger charge is 2.34. The average molecular weight is 917 g/mol. The molecule has 2 N–H and O–H groups in total. The molecule has 5 aromatic heterocycles. The summed E-state index contributed by atoms with van der Waals surface area (Å²) in [7, 11) is 0. The second-order valence-corrected chi connectivity index (χ2v) is 19.6. The number of para-hydroxylation sites is 3. The van der Waals surface area contributed by atoms with Crippen molar-refractivity contribution in [2.24, 2.45) is 5.73 Å². The molecule has 0 saturated carbocycles. The molecule has 342 valence electrons. The fraction of sp³-hybridized carbons (Fsp3) is 0.123. The van der Waals surface area contributed by atoms with Gasteiger partial charge in [-0.05, 0) is 177 Å². The van der Waals surface area contributed by atoms with Crippen LogP contribution in [0.4, 0.5) is 0 Å². The summed E-state index contributed by atoms with van der Waals surface area (Å²) < 4.78 is 9.85. The van der Waals surface area contributed by atoms with E-state index < -0.39 is 0 Å². The van der Waals surface area contributed by atoms with Gasteiger partial charge in [0, 0.05) is 67.0 Å². The molecule has 0 saturated heterocycles. The van der Waals surface area contributed by atoms with Crippen LogP contribution < -0.4 is 5.73 Å². The van der Waals surface area contributed by atoms with Crippen molar-refractivity contribution < 1.29 is 0 Å². The Bertz CT molecular complexity index is 4360. The lowest BCUT2D eigenvalue weighted by molar-refractivity contribution is 0.883. The number of pyridine rings is 1. The van der Waals surface area contributed by atoms with Gasteiger partial charge in [-0.1, -0.05) is 79.4 Å². The first kappa shape index (κ1) is 41.4. The monoisotopic (exact) mass is 916 g/mol. The molecule has 0 spiro atoms. The number of rotatable bonds is 7. The Morgan fingerprint density at radius 1 is 0.592 bits per heavy atom. The lowest BCUT2D eigenvalue weighted by Crippen LogP contribution is -2.16. The van der Waals surface area contributed by atoms with E-state index in [1.54, 1.807) is 0 Å². The minimum Gasteiger partial charge on any atom is -0.403 e. The number of fused-ring (bicyclic) bond motifs is 12. The molecule has 71 heavy (non-hydrogen) atoms. The maximum Gasteiger partial charge on any atom is 0.0674 e. The average Bonchev–Trinajstić information content (AvgIpc) is 4.12. The van der Waals surface area contributed by atoms with Crippen molar-refractivity contribution in [1.29, 1.82) is 0 Å². The topological polar surface area (TPSA) is 58.6 Å². The molecule has 0 unspecified atom stereocenters. The summed E-state index contributed by atoms with van der Waals surface area (Å²) >= 11 is 0. The van der Waals surface area contributed by atoms with Crippen LogP contribution in [0.1, 0.15) is 59.8 Å². The molecule has 6 heteroatoms. The van der Waals surface area contributed by atoms with Crippen molar-refractivity contribution in [3.8, 4) is 28.2 Å². The van der Waals surface area contributed by atoms with Crippen LogP contribution in [0.25, 0.3) is 122 Å². The molecule has 6 nitrogen and oxygen atoms in total. The van der Waals surface area contributed by atoms with E-state index in [4.69, 9.17) is 10.7 Å². The Hall–Kier alpha value is -8.61. The van der Waals surface area contributed by atoms with Crippen molar-refractivity contribution in [1.82, 2.24) is 23.3 Å². The molecule has 0 amide bonds. The predicted octanol–water partition coefficient (Wildman–Crippen LogP) is 15.9. The van der Waals surface area contributed by atoms with Gasteiger partial charge in [-0.15, -0.1) is 0 Å². The number of benzene rings is 7. The van der Waals surface area contributed by atoms with Crippen molar-refractivity contribution in [3.05, 3.63) is 209 Å².